The zero-order valence-corrected chi connectivity index (χ0v) is 16.6. The molecule has 3 heterocycles. The van der Waals surface area contributed by atoms with Crippen molar-refractivity contribution >= 4 is 28.5 Å². The fraction of sp³-hybridized carbons (Fsp3) is 0.400. The maximum atomic E-state index is 13.1. The fourth-order valence-electron chi connectivity index (χ4n) is 3.15. The van der Waals surface area contributed by atoms with Crippen LogP contribution < -0.4 is 15.9 Å². The number of aryl methyl sites for hydroxylation is 2. The van der Waals surface area contributed by atoms with Gasteiger partial charge in [-0.25, -0.2) is 9.36 Å². The van der Waals surface area contributed by atoms with E-state index in [0.29, 0.717) is 36.3 Å². The molecular formula is C20H25N4O4+. The Balaban J connectivity index is 2.25. The number of nitrogens with zero attached hydrogens (tertiary/aromatic N) is 3. The molecule has 0 aromatic carbocycles. The first-order chi connectivity index (χ1) is 13.3. The molecule has 0 atom stereocenters. The van der Waals surface area contributed by atoms with Gasteiger partial charge in [0.2, 0.25) is 11.5 Å². The summed E-state index contributed by atoms with van der Waals surface area (Å²) in [7, 11) is 1.28. The van der Waals surface area contributed by atoms with Gasteiger partial charge in [-0.05, 0) is 32.9 Å². The first-order valence-corrected chi connectivity index (χ1v) is 9.19. The molecule has 0 saturated carbocycles. The summed E-state index contributed by atoms with van der Waals surface area (Å²) in [5, 5.41) is 0.308. The second kappa shape index (κ2) is 7.93. The number of fused-ring (bicyclic) bond motifs is 2. The Morgan fingerprint density at radius 1 is 1.39 bits per heavy atom. The van der Waals surface area contributed by atoms with Crippen LogP contribution in [-0.4, -0.2) is 35.2 Å². The number of hydrogen-bond acceptors (Lipinski definition) is 6. The lowest BCUT2D eigenvalue weighted by Crippen LogP contribution is -2.42. The molecule has 0 unspecified atom stereocenters. The molecule has 0 aliphatic carbocycles. The molecule has 0 radical (unpaired) electrons. The van der Waals surface area contributed by atoms with Gasteiger partial charge in [0.05, 0.1) is 19.8 Å². The van der Waals surface area contributed by atoms with Gasteiger partial charge < -0.3 is 15.2 Å². The van der Waals surface area contributed by atoms with Crippen LogP contribution in [0.2, 0.25) is 0 Å². The Labute approximate surface area is 162 Å². The van der Waals surface area contributed by atoms with E-state index >= 15 is 0 Å². The maximum Gasteiger partial charge on any atom is 0.344 e. The van der Waals surface area contributed by atoms with Crippen molar-refractivity contribution in [1.29, 1.82) is 0 Å². The molecule has 0 saturated heterocycles. The minimum absolute atomic E-state index is 0.120. The van der Waals surface area contributed by atoms with E-state index in [-0.39, 0.29) is 23.0 Å². The van der Waals surface area contributed by atoms with Crippen molar-refractivity contribution in [3.8, 4) is 0 Å². The minimum Gasteiger partial charge on any atom is -0.465 e. The molecule has 148 valence electrons. The van der Waals surface area contributed by atoms with Crippen molar-refractivity contribution in [2.45, 2.75) is 39.8 Å². The molecule has 3 aromatic rings. The molecule has 3 aromatic heterocycles. The van der Waals surface area contributed by atoms with Gasteiger partial charge in [-0.15, -0.1) is 0 Å². The van der Waals surface area contributed by atoms with Gasteiger partial charge in [-0.2, -0.15) is 0 Å². The van der Waals surface area contributed by atoms with Gasteiger partial charge in [0.25, 0.3) is 11.2 Å². The number of anilines is 1. The number of carbonyl (C=O) groups excluding carboxylic acids is 1. The molecule has 0 bridgehead atoms. The molecule has 0 amide bonds. The zero-order chi connectivity index (χ0) is 20.4. The summed E-state index contributed by atoms with van der Waals surface area (Å²) < 4.78 is 13.6. The van der Waals surface area contributed by atoms with Gasteiger partial charge in [0.1, 0.15) is 10.9 Å². The molecule has 2 N–H and O–H groups in total. The molecule has 3 rings (SSSR count). The average molecular weight is 385 g/mol. The first-order valence-electron chi connectivity index (χ1n) is 9.19. The SMILES string of the molecule is COC(=O)c1cc2c(=O)n3cccc(C)c3nc2[n+](CCCOC(C)C)c1N. The number of methoxy groups -OCH3 is 1. The van der Waals surface area contributed by atoms with Crippen molar-refractivity contribution in [2.24, 2.45) is 0 Å². The third-order valence-corrected chi connectivity index (χ3v) is 4.56. The monoisotopic (exact) mass is 385 g/mol. The molecular weight excluding hydrogens is 360 g/mol. The summed E-state index contributed by atoms with van der Waals surface area (Å²) in [5.74, 6) is -0.381. The van der Waals surface area contributed by atoms with Gasteiger partial charge >= 0.3 is 5.97 Å². The summed E-state index contributed by atoms with van der Waals surface area (Å²) in [5.41, 5.74) is 8.01. The zero-order valence-electron chi connectivity index (χ0n) is 16.6. The molecule has 0 aliphatic heterocycles. The highest BCUT2D eigenvalue weighted by Gasteiger charge is 2.25. The van der Waals surface area contributed by atoms with E-state index in [1.807, 2.05) is 26.8 Å². The van der Waals surface area contributed by atoms with Crippen molar-refractivity contribution in [3.63, 3.8) is 0 Å². The number of aromatic nitrogens is 3. The second-order valence-electron chi connectivity index (χ2n) is 6.90. The highest BCUT2D eigenvalue weighted by atomic mass is 16.5. The van der Waals surface area contributed by atoms with Crippen LogP contribution in [0.5, 0.6) is 0 Å². The van der Waals surface area contributed by atoms with E-state index in [4.69, 9.17) is 20.2 Å². The number of hydrogen-bond donors (Lipinski definition) is 1. The highest BCUT2D eigenvalue weighted by molar-refractivity contribution is 5.96. The third kappa shape index (κ3) is 3.55. The molecule has 0 aliphatic rings. The quantitative estimate of drug-likeness (QED) is 0.300. The Kier molecular flexibility index (Phi) is 5.60. The molecule has 0 fully saturated rings. The first kappa shape index (κ1) is 19.8. The number of ether oxygens (including phenoxy) is 2. The maximum absolute atomic E-state index is 13.1. The number of nitrogens with two attached hydrogens (primary N) is 1. The number of rotatable bonds is 6. The lowest BCUT2D eigenvalue weighted by Gasteiger charge is -2.12. The smallest absolute Gasteiger partial charge is 0.344 e. The molecule has 8 heteroatoms. The highest BCUT2D eigenvalue weighted by Crippen LogP contribution is 2.16. The second-order valence-corrected chi connectivity index (χ2v) is 6.90. The van der Waals surface area contributed by atoms with Crippen LogP contribution in [0.1, 0.15) is 36.2 Å². The van der Waals surface area contributed by atoms with Crippen LogP contribution >= 0.6 is 0 Å². The largest absolute Gasteiger partial charge is 0.465 e. The van der Waals surface area contributed by atoms with Crippen molar-refractivity contribution in [1.82, 2.24) is 9.38 Å². The predicted octanol–water partition coefficient (Wildman–Crippen LogP) is 1.63. The summed E-state index contributed by atoms with van der Waals surface area (Å²) in [4.78, 5) is 30.0. The van der Waals surface area contributed by atoms with E-state index in [1.165, 1.54) is 17.6 Å². The van der Waals surface area contributed by atoms with Crippen LogP contribution in [-0.2, 0) is 16.0 Å². The number of pyridine rings is 2. The van der Waals surface area contributed by atoms with Gasteiger partial charge in [-0.3, -0.25) is 9.20 Å². The van der Waals surface area contributed by atoms with E-state index < -0.39 is 5.97 Å². The van der Waals surface area contributed by atoms with Crippen molar-refractivity contribution < 1.29 is 18.8 Å². The van der Waals surface area contributed by atoms with Gasteiger partial charge in [0, 0.05) is 24.8 Å². The lowest BCUT2D eigenvalue weighted by molar-refractivity contribution is -0.659. The normalized spacial score (nSPS) is 11.5. The average Bonchev–Trinajstić information content (AvgIpc) is 2.66. The van der Waals surface area contributed by atoms with Crippen LogP contribution in [0.4, 0.5) is 5.82 Å². The Bertz CT molecular complexity index is 1100. The Hall–Kier alpha value is -3.00. The van der Waals surface area contributed by atoms with Crippen LogP contribution in [0.25, 0.3) is 16.7 Å². The fourth-order valence-corrected chi connectivity index (χ4v) is 3.15. The van der Waals surface area contributed by atoms with E-state index in [1.54, 1.807) is 16.8 Å². The third-order valence-electron chi connectivity index (χ3n) is 4.56. The number of carbonyl (C=O) groups is 1. The van der Waals surface area contributed by atoms with Crippen LogP contribution in [0, 0.1) is 6.92 Å². The lowest BCUT2D eigenvalue weighted by atomic mass is 10.2. The van der Waals surface area contributed by atoms with Crippen molar-refractivity contribution in [3.05, 3.63) is 45.9 Å². The standard InChI is InChI=1S/C20H24N4O4/c1-12(2)28-10-6-9-23-16(21)14(20(26)27-4)11-15-18(23)22-17-13(3)7-5-8-24(17)19(15)25/h5,7-8,11-12,21H,6,9-10H2,1-4H3/p+1. The van der Waals surface area contributed by atoms with Crippen molar-refractivity contribution in [2.75, 3.05) is 19.5 Å². The van der Waals surface area contributed by atoms with E-state index in [0.717, 1.165) is 5.56 Å². The molecule has 28 heavy (non-hydrogen) atoms. The van der Waals surface area contributed by atoms with Gasteiger partial charge in [-0.1, -0.05) is 11.1 Å². The topological polar surface area (TPSA) is 99.8 Å². The Morgan fingerprint density at radius 3 is 2.82 bits per heavy atom. The Morgan fingerprint density at radius 2 is 2.14 bits per heavy atom. The van der Waals surface area contributed by atoms with E-state index in [2.05, 4.69) is 0 Å². The summed E-state index contributed by atoms with van der Waals surface area (Å²) >= 11 is 0. The van der Waals surface area contributed by atoms with Crippen LogP contribution in [0.3, 0.4) is 0 Å². The van der Waals surface area contributed by atoms with E-state index in [9.17, 15) is 9.59 Å². The predicted molar refractivity (Wildman–Crippen MR) is 105 cm³/mol. The summed E-state index contributed by atoms with van der Waals surface area (Å²) in [6, 6.07) is 5.13. The molecule has 8 nitrogen and oxygen atoms in total. The van der Waals surface area contributed by atoms with Crippen LogP contribution in [0.15, 0.2) is 29.2 Å². The van der Waals surface area contributed by atoms with Gasteiger partial charge in [0.15, 0.2) is 0 Å². The molecule has 0 spiro atoms. The summed E-state index contributed by atoms with van der Waals surface area (Å²) in [6.45, 7) is 6.80. The number of nitrogen functional groups attached to an aromatic ring is 1. The minimum atomic E-state index is -0.597. The number of esters is 1. The summed E-state index contributed by atoms with van der Waals surface area (Å²) in [6.07, 6.45) is 2.43.